The Kier molecular flexibility index (Phi) is 6.12. The Labute approximate surface area is 207 Å². The molecular weight excluding hydrogens is 434 g/mol. The van der Waals surface area contributed by atoms with Crippen LogP contribution in [0.3, 0.4) is 0 Å². The summed E-state index contributed by atoms with van der Waals surface area (Å²) in [6.45, 7) is 5.32. The molecule has 0 unspecified atom stereocenters. The summed E-state index contributed by atoms with van der Waals surface area (Å²) in [6.07, 6.45) is 10.9. The number of azo groups is 1. The van der Waals surface area contributed by atoms with Gasteiger partial charge in [-0.05, 0) is 81.7 Å². The van der Waals surface area contributed by atoms with E-state index in [1.807, 2.05) is 12.1 Å². The van der Waals surface area contributed by atoms with E-state index in [1.165, 1.54) is 68.6 Å². The van der Waals surface area contributed by atoms with Crippen molar-refractivity contribution in [1.82, 2.24) is 9.55 Å². The molecule has 0 atom stereocenters. The van der Waals surface area contributed by atoms with Crippen molar-refractivity contribution >= 4 is 33.8 Å². The SMILES string of the molecule is N#Cc1ccc(N=Nc2c(N3CCCCC3)cc(N3CCCCC3)c3nc4n(c23)CCCC4)cc1. The van der Waals surface area contributed by atoms with Crippen LogP contribution in [0.1, 0.15) is 62.8 Å². The molecule has 0 amide bonds. The maximum absolute atomic E-state index is 9.13. The number of fused-ring (bicyclic) bond motifs is 3. The van der Waals surface area contributed by atoms with Gasteiger partial charge in [0.05, 0.1) is 28.7 Å². The summed E-state index contributed by atoms with van der Waals surface area (Å²) in [5, 5.41) is 18.7. The fourth-order valence-electron chi connectivity index (χ4n) is 5.85. The average molecular weight is 468 g/mol. The largest absolute Gasteiger partial charge is 0.370 e. The van der Waals surface area contributed by atoms with Crippen LogP contribution in [0.15, 0.2) is 40.6 Å². The van der Waals surface area contributed by atoms with Crippen molar-refractivity contribution in [2.24, 2.45) is 10.2 Å². The molecule has 3 aliphatic heterocycles. The lowest BCUT2D eigenvalue weighted by molar-refractivity contribution is 0.533. The fraction of sp³-hybridized carbons (Fsp3) is 0.500. The molecular formula is C28H33N7. The molecule has 4 heterocycles. The highest BCUT2D eigenvalue weighted by Gasteiger charge is 2.27. The maximum Gasteiger partial charge on any atom is 0.135 e. The van der Waals surface area contributed by atoms with Gasteiger partial charge in [-0.3, -0.25) is 0 Å². The van der Waals surface area contributed by atoms with Crippen LogP contribution >= 0.6 is 0 Å². The third kappa shape index (κ3) is 4.27. The van der Waals surface area contributed by atoms with Crippen molar-refractivity contribution in [3.63, 3.8) is 0 Å². The lowest BCUT2D eigenvalue weighted by Crippen LogP contribution is -2.32. The predicted octanol–water partition coefficient (Wildman–Crippen LogP) is 6.64. The Bertz CT molecular complexity index is 1270. The third-order valence-corrected chi connectivity index (χ3v) is 7.72. The van der Waals surface area contributed by atoms with E-state index in [2.05, 4.69) is 31.6 Å². The van der Waals surface area contributed by atoms with Crippen LogP contribution in [0.25, 0.3) is 11.0 Å². The molecule has 6 rings (SSSR count). The Balaban J connectivity index is 1.54. The van der Waals surface area contributed by atoms with Crippen LogP contribution in [-0.4, -0.2) is 35.7 Å². The van der Waals surface area contributed by atoms with E-state index in [9.17, 15) is 0 Å². The Morgan fingerprint density at radius 2 is 1.40 bits per heavy atom. The van der Waals surface area contributed by atoms with Gasteiger partial charge in [0, 0.05) is 39.1 Å². The first kappa shape index (κ1) is 22.1. The molecule has 2 aromatic carbocycles. The number of nitriles is 1. The summed E-state index contributed by atoms with van der Waals surface area (Å²) in [7, 11) is 0. The number of piperidine rings is 2. The summed E-state index contributed by atoms with van der Waals surface area (Å²) in [4.78, 5) is 10.3. The first-order valence-corrected chi connectivity index (χ1v) is 13.3. The topological polar surface area (TPSA) is 72.8 Å². The van der Waals surface area contributed by atoms with E-state index in [1.54, 1.807) is 12.1 Å². The quantitative estimate of drug-likeness (QED) is 0.403. The zero-order valence-electron chi connectivity index (χ0n) is 20.4. The fourth-order valence-corrected chi connectivity index (χ4v) is 5.85. The number of hydrogen-bond acceptors (Lipinski definition) is 6. The zero-order valence-corrected chi connectivity index (χ0v) is 20.4. The van der Waals surface area contributed by atoms with Gasteiger partial charge >= 0.3 is 0 Å². The molecule has 0 saturated carbocycles. The Hall–Kier alpha value is -3.40. The van der Waals surface area contributed by atoms with Gasteiger partial charge in [-0.15, -0.1) is 5.11 Å². The van der Waals surface area contributed by atoms with E-state index in [0.717, 1.165) is 61.6 Å². The molecule has 7 heteroatoms. The second-order valence-corrected chi connectivity index (χ2v) is 10.1. The van der Waals surface area contributed by atoms with Crippen LogP contribution in [0, 0.1) is 11.3 Å². The number of anilines is 2. The molecule has 2 fully saturated rings. The van der Waals surface area contributed by atoms with Crippen LogP contribution in [0.4, 0.5) is 22.7 Å². The molecule has 1 aromatic heterocycles. The van der Waals surface area contributed by atoms with E-state index < -0.39 is 0 Å². The molecule has 0 aliphatic carbocycles. The summed E-state index contributed by atoms with van der Waals surface area (Å²) in [5.41, 5.74) is 7.08. The van der Waals surface area contributed by atoms with Gasteiger partial charge in [0.1, 0.15) is 22.5 Å². The smallest absolute Gasteiger partial charge is 0.135 e. The molecule has 0 bridgehead atoms. The van der Waals surface area contributed by atoms with Crippen LogP contribution in [0.5, 0.6) is 0 Å². The molecule has 3 aliphatic rings. The Morgan fingerprint density at radius 3 is 2.09 bits per heavy atom. The molecule has 2 saturated heterocycles. The number of aryl methyl sites for hydroxylation is 2. The van der Waals surface area contributed by atoms with Crippen LogP contribution in [-0.2, 0) is 13.0 Å². The number of benzene rings is 2. The summed E-state index contributed by atoms with van der Waals surface area (Å²) >= 11 is 0. The highest BCUT2D eigenvalue weighted by atomic mass is 15.2. The monoisotopic (exact) mass is 467 g/mol. The van der Waals surface area contributed by atoms with Crippen molar-refractivity contribution in [2.45, 2.75) is 64.3 Å². The highest BCUT2D eigenvalue weighted by molar-refractivity contribution is 6.03. The predicted molar refractivity (Wildman–Crippen MR) is 140 cm³/mol. The molecule has 3 aromatic rings. The van der Waals surface area contributed by atoms with E-state index in [0.29, 0.717) is 5.56 Å². The average Bonchev–Trinajstić information content (AvgIpc) is 3.32. The highest BCUT2D eigenvalue weighted by Crippen LogP contribution is 2.45. The van der Waals surface area contributed by atoms with Crippen molar-refractivity contribution in [3.8, 4) is 6.07 Å². The zero-order chi connectivity index (χ0) is 23.6. The number of aromatic nitrogens is 2. The van der Waals surface area contributed by atoms with Gasteiger partial charge in [0.15, 0.2) is 0 Å². The second-order valence-electron chi connectivity index (χ2n) is 10.1. The van der Waals surface area contributed by atoms with Crippen molar-refractivity contribution in [1.29, 1.82) is 5.26 Å². The van der Waals surface area contributed by atoms with Gasteiger partial charge in [0.2, 0.25) is 0 Å². The van der Waals surface area contributed by atoms with E-state index in [-0.39, 0.29) is 0 Å². The summed E-state index contributed by atoms with van der Waals surface area (Å²) in [5.74, 6) is 1.19. The first-order chi connectivity index (χ1) is 17.3. The van der Waals surface area contributed by atoms with E-state index >= 15 is 0 Å². The van der Waals surface area contributed by atoms with Gasteiger partial charge in [-0.25, -0.2) is 4.98 Å². The minimum absolute atomic E-state index is 0.635. The Morgan fingerprint density at radius 1 is 0.743 bits per heavy atom. The molecule has 0 radical (unpaired) electrons. The second kappa shape index (κ2) is 9.69. The van der Waals surface area contributed by atoms with Gasteiger partial charge in [-0.1, -0.05) is 0 Å². The van der Waals surface area contributed by atoms with Gasteiger partial charge < -0.3 is 14.4 Å². The van der Waals surface area contributed by atoms with Crippen LogP contribution in [0.2, 0.25) is 0 Å². The normalized spacial score (nSPS) is 18.7. The summed E-state index contributed by atoms with van der Waals surface area (Å²) < 4.78 is 2.42. The number of rotatable bonds is 4. The number of nitrogens with zero attached hydrogens (tertiary/aromatic N) is 7. The van der Waals surface area contributed by atoms with Gasteiger partial charge in [-0.2, -0.15) is 10.4 Å². The van der Waals surface area contributed by atoms with Crippen LogP contribution < -0.4 is 9.80 Å². The number of imidazole rings is 1. The number of hydrogen-bond donors (Lipinski definition) is 0. The standard InChI is InChI=1S/C28H33N7/c29-20-21-10-12-22(13-11-21)31-32-27-24(34-16-6-2-7-17-34)19-23(33-14-4-1-5-15-33)26-28(27)35-18-8-3-9-25(35)30-26/h10-13,19H,1-9,14-18H2. The first-order valence-electron chi connectivity index (χ1n) is 13.3. The van der Waals surface area contributed by atoms with E-state index in [4.69, 9.17) is 15.4 Å². The molecule has 35 heavy (non-hydrogen) atoms. The van der Waals surface area contributed by atoms with Crippen molar-refractivity contribution in [2.75, 3.05) is 36.0 Å². The maximum atomic E-state index is 9.13. The lowest BCUT2D eigenvalue weighted by Gasteiger charge is -2.33. The molecule has 0 spiro atoms. The summed E-state index contributed by atoms with van der Waals surface area (Å²) in [6, 6.07) is 11.9. The van der Waals surface area contributed by atoms with Crippen molar-refractivity contribution in [3.05, 3.63) is 41.7 Å². The lowest BCUT2D eigenvalue weighted by atomic mass is 10.1. The molecule has 0 N–H and O–H groups in total. The van der Waals surface area contributed by atoms with Crippen molar-refractivity contribution < 1.29 is 0 Å². The minimum Gasteiger partial charge on any atom is -0.370 e. The molecule has 180 valence electrons. The minimum atomic E-state index is 0.635. The third-order valence-electron chi connectivity index (χ3n) is 7.72. The van der Waals surface area contributed by atoms with Gasteiger partial charge in [0.25, 0.3) is 0 Å². The molecule has 7 nitrogen and oxygen atoms in total.